The summed E-state index contributed by atoms with van der Waals surface area (Å²) in [5.41, 5.74) is 2.39. The van der Waals surface area contributed by atoms with Gasteiger partial charge in [0, 0.05) is 43.4 Å². The second-order valence-corrected chi connectivity index (χ2v) is 10.1. The lowest BCUT2D eigenvalue weighted by atomic mass is 9.80. The van der Waals surface area contributed by atoms with Crippen molar-refractivity contribution in [2.24, 2.45) is 5.41 Å². The molecule has 39 heavy (non-hydrogen) atoms. The van der Waals surface area contributed by atoms with E-state index in [0.717, 1.165) is 29.3 Å². The van der Waals surface area contributed by atoms with Crippen molar-refractivity contribution in [3.8, 4) is 0 Å². The summed E-state index contributed by atoms with van der Waals surface area (Å²) in [4.78, 5) is 30.7. The predicted molar refractivity (Wildman–Crippen MR) is 142 cm³/mol. The molecule has 1 aliphatic carbocycles. The van der Waals surface area contributed by atoms with Crippen molar-refractivity contribution in [3.63, 3.8) is 0 Å². The van der Waals surface area contributed by atoms with Gasteiger partial charge in [-0.3, -0.25) is 14.6 Å². The second-order valence-electron chi connectivity index (χ2n) is 10.1. The monoisotopic (exact) mass is 535 g/mol. The Morgan fingerprint density at radius 1 is 1.10 bits per heavy atom. The highest BCUT2D eigenvalue weighted by atomic mass is 19.4. The number of carbonyl (C=O) groups excluding carboxylic acids is 2. The largest absolute Gasteiger partial charge is 0.418 e. The molecule has 0 unspecified atom stereocenters. The summed E-state index contributed by atoms with van der Waals surface area (Å²) >= 11 is 0. The number of allylic oxidation sites excluding steroid dienone is 1. The van der Waals surface area contributed by atoms with Crippen LogP contribution in [0.15, 0.2) is 60.8 Å². The number of benzene rings is 2. The van der Waals surface area contributed by atoms with Crippen molar-refractivity contribution >= 4 is 29.1 Å². The first-order chi connectivity index (χ1) is 18.6. The lowest BCUT2D eigenvalue weighted by Gasteiger charge is -2.25. The van der Waals surface area contributed by atoms with E-state index in [2.05, 4.69) is 15.6 Å². The average Bonchev–Trinajstić information content (AvgIpc) is 3.58. The number of aromatic nitrogens is 1. The van der Waals surface area contributed by atoms with E-state index in [4.69, 9.17) is 4.74 Å². The number of aryl methyl sites for hydroxylation is 1. The number of amides is 1. The van der Waals surface area contributed by atoms with Gasteiger partial charge in [-0.1, -0.05) is 35.9 Å². The zero-order chi connectivity index (χ0) is 27.6. The van der Waals surface area contributed by atoms with Crippen molar-refractivity contribution < 1.29 is 27.5 Å². The smallest absolute Gasteiger partial charge is 0.380 e. The number of pyridine rings is 1. The third-order valence-corrected chi connectivity index (χ3v) is 7.18. The molecule has 6 nitrogen and oxygen atoms in total. The zero-order valence-electron chi connectivity index (χ0n) is 21.4. The van der Waals surface area contributed by atoms with Crippen LogP contribution in [-0.2, 0) is 28.7 Å². The standard InChI is InChI=1S/C30H28F3N3O3/c1-19-5-10-26(24(13-19)30(31,32)33)36-23-8-6-20(7-9-23)16-35-28(38)29(11-12-39-18-29)15-27(37)22-14-21-3-2-4-25(21)34-17-22/h2-3,5-10,13-14,17,36H,4,11-12,15-16,18H2,1H3,(H,35,38)/t29-/m0/s1. The maximum absolute atomic E-state index is 13.4. The summed E-state index contributed by atoms with van der Waals surface area (Å²) < 4.78 is 45.9. The van der Waals surface area contributed by atoms with Crippen LogP contribution in [0.1, 0.15) is 51.1 Å². The van der Waals surface area contributed by atoms with Gasteiger partial charge in [-0.05, 0) is 54.8 Å². The van der Waals surface area contributed by atoms with Crippen LogP contribution in [0.3, 0.4) is 0 Å². The molecule has 1 saturated heterocycles. The number of hydrogen-bond donors (Lipinski definition) is 2. The number of Topliss-reactive ketones (excluding diaryl/α,β-unsaturated/α-hetero) is 1. The Labute approximate surface area is 224 Å². The minimum Gasteiger partial charge on any atom is -0.380 e. The molecule has 3 aromatic rings. The predicted octanol–water partition coefficient (Wildman–Crippen LogP) is 6.02. The fourth-order valence-electron chi connectivity index (χ4n) is 4.92. The molecule has 1 amide bonds. The lowest BCUT2D eigenvalue weighted by Crippen LogP contribution is -2.42. The molecule has 2 aliphatic rings. The molecule has 0 bridgehead atoms. The van der Waals surface area contributed by atoms with Gasteiger partial charge in [-0.2, -0.15) is 13.2 Å². The number of hydrogen-bond acceptors (Lipinski definition) is 5. The number of ether oxygens (including phenoxy) is 1. The first-order valence-corrected chi connectivity index (χ1v) is 12.7. The first kappa shape index (κ1) is 26.6. The van der Waals surface area contributed by atoms with Gasteiger partial charge in [0.25, 0.3) is 0 Å². The molecule has 5 rings (SSSR count). The van der Waals surface area contributed by atoms with Gasteiger partial charge in [-0.25, -0.2) is 0 Å². The Hall–Kier alpha value is -3.98. The number of anilines is 2. The minimum atomic E-state index is -4.48. The molecule has 0 spiro atoms. The van der Waals surface area contributed by atoms with Gasteiger partial charge in [0.1, 0.15) is 0 Å². The number of rotatable bonds is 8. The van der Waals surface area contributed by atoms with Gasteiger partial charge < -0.3 is 15.4 Å². The number of fused-ring (bicyclic) bond motifs is 1. The minimum absolute atomic E-state index is 0.0178. The molecule has 0 radical (unpaired) electrons. The van der Waals surface area contributed by atoms with Gasteiger partial charge in [0.15, 0.2) is 5.78 Å². The van der Waals surface area contributed by atoms with Crippen LogP contribution >= 0.6 is 0 Å². The maximum Gasteiger partial charge on any atom is 0.418 e. The molecule has 2 N–H and O–H groups in total. The second kappa shape index (κ2) is 10.6. The zero-order valence-corrected chi connectivity index (χ0v) is 21.4. The molecule has 2 heterocycles. The first-order valence-electron chi connectivity index (χ1n) is 12.7. The van der Waals surface area contributed by atoms with E-state index in [9.17, 15) is 22.8 Å². The Morgan fingerprint density at radius 2 is 1.90 bits per heavy atom. The van der Waals surface area contributed by atoms with E-state index in [1.807, 2.05) is 18.2 Å². The van der Waals surface area contributed by atoms with E-state index in [1.165, 1.54) is 6.07 Å². The number of ketones is 1. The van der Waals surface area contributed by atoms with Gasteiger partial charge in [-0.15, -0.1) is 0 Å². The van der Waals surface area contributed by atoms with Crippen molar-refractivity contribution in [2.75, 3.05) is 18.5 Å². The molecule has 1 aliphatic heterocycles. The summed E-state index contributed by atoms with van der Waals surface area (Å²) in [5.74, 6) is -0.421. The number of halogens is 3. The fourth-order valence-corrected chi connectivity index (χ4v) is 4.92. The molecule has 1 atom stereocenters. The Morgan fingerprint density at radius 3 is 2.62 bits per heavy atom. The van der Waals surface area contributed by atoms with Crippen LogP contribution in [0.5, 0.6) is 0 Å². The van der Waals surface area contributed by atoms with Crippen LogP contribution in [-0.4, -0.2) is 29.9 Å². The molecule has 202 valence electrons. The Balaban J connectivity index is 1.22. The van der Waals surface area contributed by atoms with Crippen LogP contribution in [0, 0.1) is 12.3 Å². The SMILES string of the molecule is Cc1ccc(Nc2ccc(CNC(=O)[C@]3(CC(=O)c4cnc5c(c4)C=CC5)CCOC3)cc2)c(C(F)(F)F)c1. The maximum atomic E-state index is 13.4. The molecular formula is C30H28F3N3O3. The van der Waals surface area contributed by atoms with Crippen molar-refractivity contribution in [1.82, 2.24) is 10.3 Å². The summed E-state index contributed by atoms with van der Waals surface area (Å²) in [5, 5.41) is 5.75. The molecule has 2 aromatic carbocycles. The number of carbonyl (C=O) groups is 2. The average molecular weight is 536 g/mol. The lowest BCUT2D eigenvalue weighted by molar-refractivity contribution is -0.137. The van der Waals surface area contributed by atoms with Crippen LogP contribution < -0.4 is 10.6 Å². The van der Waals surface area contributed by atoms with E-state index in [-0.39, 0.29) is 37.0 Å². The molecule has 9 heteroatoms. The molecule has 0 saturated carbocycles. The number of nitrogens with zero attached hydrogens (tertiary/aromatic N) is 1. The third-order valence-electron chi connectivity index (χ3n) is 7.18. The molecule has 1 aromatic heterocycles. The highest BCUT2D eigenvalue weighted by Crippen LogP contribution is 2.37. The fraction of sp³-hybridized carbons (Fsp3) is 0.300. The molecule has 1 fully saturated rings. The van der Waals surface area contributed by atoms with Crippen molar-refractivity contribution in [3.05, 3.63) is 94.3 Å². The third kappa shape index (κ3) is 5.88. The summed E-state index contributed by atoms with van der Waals surface area (Å²) in [7, 11) is 0. The van der Waals surface area contributed by atoms with Crippen molar-refractivity contribution in [1.29, 1.82) is 0 Å². The summed E-state index contributed by atoms with van der Waals surface area (Å²) in [6, 6.07) is 12.7. The highest BCUT2D eigenvalue weighted by molar-refractivity contribution is 6.00. The Bertz CT molecular complexity index is 1430. The number of alkyl halides is 3. The van der Waals surface area contributed by atoms with Gasteiger partial charge in [0.05, 0.1) is 29.0 Å². The summed E-state index contributed by atoms with van der Waals surface area (Å²) in [6.07, 6.45) is 2.23. The highest BCUT2D eigenvalue weighted by Gasteiger charge is 2.44. The van der Waals surface area contributed by atoms with E-state index < -0.39 is 17.2 Å². The van der Waals surface area contributed by atoms with Crippen LogP contribution in [0.2, 0.25) is 0 Å². The summed E-state index contributed by atoms with van der Waals surface area (Å²) in [6.45, 7) is 2.37. The van der Waals surface area contributed by atoms with Crippen molar-refractivity contribution in [2.45, 2.75) is 38.9 Å². The number of nitrogens with one attached hydrogen (secondary N) is 2. The Kier molecular flexibility index (Phi) is 7.27. The van der Waals surface area contributed by atoms with E-state index in [0.29, 0.717) is 29.8 Å². The quantitative estimate of drug-likeness (QED) is 0.345. The normalized spacial score (nSPS) is 18.2. The van der Waals surface area contributed by atoms with E-state index >= 15 is 0 Å². The molecular weight excluding hydrogens is 507 g/mol. The van der Waals surface area contributed by atoms with E-state index in [1.54, 1.807) is 43.5 Å². The van der Waals surface area contributed by atoms with Crippen LogP contribution in [0.25, 0.3) is 6.08 Å². The van der Waals surface area contributed by atoms with Gasteiger partial charge in [0.2, 0.25) is 5.91 Å². The topological polar surface area (TPSA) is 80.3 Å². The van der Waals surface area contributed by atoms with Crippen LogP contribution in [0.4, 0.5) is 24.5 Å². The van der Waals surface area contributed by atoms with Gasteiger partial charge >= 0.3 is 6.18 Å².